The molecule has 0 aliphatic rings. The van der Waals surface area contributed by atoms with Crippen LogP contribution in [-0.4, -0.2) is 17.9 Å². The number of amides is 1. The minimum atomic E-state index is 0.00502. The van der Waals surface area contributed by atoms with Gasteiger partial charge in [-0.1, -0.05) is 0 Å². The molecule has 1 heterocycles. The molecule has 1 aromatic carbocycles. The molecule has 0 bridgehead atoms. The Morgan fingerprint density at radius 1 is 1.42 bits per heavy atom. The fourth-order valence-corrected chi connectivity index (χ4v) is 3.00. The zero-order chi connectivity index (χ0) is 14.0. The lowest BCUT2D eigenvalue weighted by Gasteiger charge is -2.17. The lowest BCUT2D eigenvalue weighted by molar-refractivity contribution is 0.0785. The Kier molecular flexibility index (Phi) is 4.27. The molecule has 19 heavy (non-hydrogen) atoms. The Balaban J connectivity index is 2.12. The van der Waals surface area contributed by atoms with Crippen LogP contribution in [0.15, 0.2) is 33.4 Å². The summed E-state index contributed by atoms with van der Waals surface area (Å²) in [5.41, 5.74) is 9.19. The maximum absolute atomic E-state index is 12.3. The molecule has 2 N–H and O–H groups in total. The lowest BCUT2D eigenvalue weighted by atomic mass is 10.1. The summed E-state index contributed by atoms with van der Waals surface area (Å²) in [6, 6.07) is 7.41. The molecule has 0 aliphatic carbocycles. The van der Waals surface area contributed by atoms with Crippen molar-refractivity contribution >= 4 is 38.9 Å². The van der Waals surface area contributed by atoms with E-state index in [4.69, 9.17) is 5.73 Å². The second-order valence-corrected chi connectivity index (χ2v) is 6.78. The highest BCUT2D eigenvalue weighted by Gasteiger charge is 2.13. The minimum Gasteiger partial charge on any atom is -0.399 e. The molecule has 1 aromatic heterocycles. The van der Waals surface area contributed by atoms with Crippen molar-refractivity contribution in [2.45, 2.75) is 13.5 Å². The molecule has 0 radical (unpaired) electrons. The number of hydrogen-bond acceptors (Lipinski definition) is 3. The Morgan fingerprint density at radius 2 is 2.16 bits per heavy atom. The van der Waals surface area contributed by atoms with Gasteiger partial charge in [0.05, 0.1) is 3.79 Å². The number of halogens is 1. The first-order valence-corrected chi connectivity index (χ1v) is 7.49. The van der Waals surface area contributed by atoms with Crippen LogP contribution < -0.4 is 5.73 Å². The van der Waals surface area contributed by atoms with E-state index in [-0.39, 0.29) is 5.91 Å². The highest BCUT2D eigenvalue weighted by atomic mass is 79.9. The Hall–Kier alpha value is -1.33. The number of carbonyl (C=O) groups excluding carboxylic acids is 1. The summed E-state index contributed by atoms with van der Waals surface area (Å²) in [7, 11) is 1.81. The number of hydrogen-bond donors (Lipinski definition) is 1. The molecule has 1 amide bonds. The molecule has 100 valence electrons. The van der Waals surface area contributed by atoms with Gasteiger partial charge in [0.25, 0.3) is 5.91 Å². The van der Waals surface area contributed by atoms with Gasteiger partial charge < -0.3 is 10.6 Å². The van der Waals surface area contributed by atoms with Crippen molar-refractivity contribution in [3.05, 3.63) is 50.1 Å². The van der Waals surface area contributed by atoms with Gasteiger partial charge in [-0.3, -0.25) is 4.79 Å². The third kappa shape index (κ3) is 3.36. The molecule has 2 aromatic rings. The smallest absolute Gasteiger partial charge is 0.253 e. The highest BCUT2D eigenvalue weighted by molar-refractivity contribution is 9.11. The molecule has 0 saturated heterocycles. The average Bonchev–Trinajstić information content (AvgIpc) is 2.77. The van der Waals surface area contributed by atoms with Crippen LogP contribution in [0.25, 0.3) is 0 Å². The van der Waals surface area contributed by atoms with Crippen molar-refractivity contribution < 1.29 is 4.79 Å². The van der Waals surface area contributed by atoms with E-state index in [2.05, 4.69) is 15.9 Å². The Morgan fingerprint density at radius 3 is 2.74 bits per heavy atom. The van der Waals surface area contributed by atoms with Gasteiger partial charge in [0.1, 0.15) is 0 Å². The molecule has 0 fully saturated rings. The molecular weight excluding hydrogens is 324 g/mol. The van der Waals surface area contributed by atoms with E-state index in [0.29, 0.717) is 17.8 Å². The zero-order valence-electron chi connectivity index (χ0n) is 10.8. The molecule has 5 heteroatoms. The molecule has 0 atom stereocenters. The molecule has 0 unspecified atom stereocenters. The molecule has 2 rings (SSSR count). The number of benzene rings is 1. The van der Waals surface area contributed by atoms with Crippen molar-refractivity contribution in [1.82, 2.24) is 4.90 Å². The third-order valence-corrected chi connectivity index (χ3v) is 4.46. The number of aryl methyl sites for hydroxylation is 1. The van der Waals surface area contributed by atoms with Crippen molar-refractivity contribution in [1.29, 1.82) is 0 Å². The van der Waals surface area contributed by atoms with Crippen molar-refractivity contribution in [2.24, 2.45) is 0 Å². The molecule has 0 saturated carbocycles. The van der Waals surface area contributed by atoms with E-state index in [9.17, 15) is 4.79 Å². The SMILES string of the molecule is Cc1cc(C(=O)N(C)Cc2csc(Br)c2)ccc1N. The summed E-state index contributed by atoms with van der Waals surface area (Å²) in [5.74, 6) is 0.00502. The van der Waals surface area contributed by atoms with Gasteiger partial charge in [0, 0.05) is 24.8 Å². The normalized spacial score (nSPS) is 10.5. The fourth-order valence-electron chi connectivity index (χ4n) is 1.80. The average molecular weight is 339 g/mol. The molecule has 0 spiro atoms. The largest absolute Gasteiger partial charge is 0.399 e. The quantitative estimate of drug-likeness (QED) is 0.868. The number of nitrogens with two attached hydrogens (primary N) is 1. The van der Waals surface area contributed by atoms with Crippen LogP contribution in [0.3, 0.4) is 0 Å². The number of thiophene rings is 1. The van der Waals surface area contributed by atoms with Crippen molar-refractivity contribution in [2.75, 3.05) is 12.8 Å². The predicted molar refractivity (Wildman–Crippen MR) is 83.4 cm³/mol. The minimum absolute atomic E-state index is 0.00502. The molecule has 3 nitrogen and oxygen atoms in total. The zero-order valence-corrected chi connectivity index (χ0v) is 13.2. The van der Waals surface area contributed by atoms with E-state index in [1.165, 1.54) is 0 Å². The second kappa shape index (κ2) is 5.75. The Bertz CT molecular complexity index is 609. The monoisotopic (exact) mass is 338 g/mol. The summed E-state index contributed by atoms with van der Waals surface area (Å²) in [4.78, 5) is 14.0. The maximum atomic E-state index is 12.3. The summed E-state index contributed by atoms with van der Waals surface area (Å²) in [5, 5.41) is 2.04. The van der Waals surface area contributed by atoms with Crippen LogP contribution in [-0.2, 0) is 6.54 Å². The highest BCUT2D eigenvalue weighted by Crippen LogP contribution is 2.22. The van der Waals surface area contributed by atoms with Crippen LogP contribution in [0.1, 0.15) is 21.5 Å². The first-order chi connectivity index (χ1) is 8.97. The van der Waals surface area contributed by atoms with E-state index < -0.39 is 0 Å². The van der Waals surface area contributed by atoms with E-state index >= 15 is 0 Å². The van der Waals surface area contributed by atoms with Gasteiger partial charge in [-0.15, -0.1) is 11.3 Å². The number of anilines is 1. The summed E-state index contributed by atoms with van der Waals surface area (Å²) in [6.07, 6.45) is 0. The summed E-state index contributed by atoms with van der Waals surface area (Å²) >= 11 is 5.04. The lowest BCUT2D eigenvalue weighted by Crippen LogP contribution is -2.26. The summed E-state index contributed by atoms with van der Waals surface area (Å²) < 4.78 is 1.08. The number of rotatable bonds is 3. The summed E-state index contributed by atoms with van der Waals surface area (Å²) in [6.45, 7) is 2.51. The standard InChI is InChI=1S/C14H15BrN2OS/c1-9-5-11(3-4-12(9)16)14(18)17(2)7-10-6-13(15)19-8-10/h3-6,8H,7,16H2,1-2H3. The maximum Gasteiger partial charge on any atom is 0.253 e. The first-order valence-electron chi connectivity index (χ1n) is 5.82. The van der Waals surface area contributed by atoms with Crippen LogP contribution in [0.5, 0.6) is 0 Å². The first kappa shape index (κ1) is 14.1. The fraction of sp³-hybridized carbons (Fsp3) is 0.214. The van der Waals surface area contributed by atoms with E-state index in [0.717, 1.165) is 14.9 Å². The Labute approximate surface area is 125 Å². The number of nitrogen functional groups attached to an aromatic ring is 1. The molecule has 0 aliphatic heterocycles. The van der Waals surface area contributed by atoms with Gasteiger partial charge in [0.15, 0.2) is 0 Å². The van der Waals surface area contributed by atoms with Crippen LogP contribution in [0.2, 0.25) is 0 Å². The van der Waals surface area contributed by atoms with Gasteiger partial charge >= 0.3 is 0 Å². The second-order valence-electron chi connectivity index (χ2n) is 4.49. The number of nitrogens with zero attached hydrogens (tertiary/aromatic N) is 1. The van der Waals surface area contributed by atoms with Gasteiger partial charge in [0.2, 0.25) is 0 Å². The van der Waals surface area contributed by atoms with Gasteiger partial charge in [-0.2, -0.15) is 0 Å². The third-order valence-electron chi connectivity index (χ3n) is 2.90. The van der Waals surface area contributed by atoms with Crippen LogP contribution in [0.4, 0.5) is 5.69 Å². The van der Waals surface area contributed by atoms with Gasteiger partial charge in [-0.25, -0.2) is 0 Å². The van der Waals surface area contributed by atoms with E-state index in [1.54, 1.807) is 35.4 Å². The van der Waals surface area contributed by atoms with Crippen LogP contribution in [0, 0.1) is 6.92 Å². The van der Waals surface area contributed by atoms with Crippen molar-refractivity contribution in [3.63, 3.8) is 0 Å². The van der Waals surface area contributed by atoms with E-state index in [1.807, 2.05) is 24.4 Å². The predicted octanol–water partition coefficient (Wildman–Crippen LogP) is 3.67. The number of carbonyl (C=O) groups is 1. The van der Waals surface area contributed by atoms with Crippen molar-refractivity contribution in [3.8, 4) is 0 Å². The van der Waals surface area contributed by atoms with Crippen LogP contribution >= 0.6 is 27.3 Å². The molecular formula is C14H15BrN2OS. The topological polar surface area (TPSA) is 46.3 Å². The van der Waals surface area contributed by atoms with Gasteiger partial charge in [-0.05, 0) is 63.6 Å².